The molecule has 2 fully saturated rings. The van der Waals surface area contributed by atoms with E-state index in [1.54, 1.807) is 0 Å². The number of phenolic OH excluding ortho intramolecular Hbond substituents is 2. The van der Waals surface area contributed by atoms with Crippen LogP contribution in [0.5, 0.6) is 28.7 Å². The first-order valence-electron chi connectivity index (χ1n) is 18.9. The molecule has 6 rings (SSSR count). The molecular formula is C40H44N2O21. The summed E-state index contributed by atoms with van der Waals surface area (Å²) in [7, 11) is 2.63. The second-order valence-corrected chi connectivity index (χ2v) is 14.7. The fraction of sp³-hybridized carbons (Fsp3) is 0.425. The van der Waals surface area contributed by atoms with Crippen LogP contribution < -0.4 is 19.1 Å². The first kappa shape index (κ1) is 46.2. The smallest absolute Gasteiger partial charge is 0.354 e. The number of anilines is 1. The SMILES string of the molecule is COc1cc(C=CC(=O)OCC2(O)COC(OC3C(Oc4cc5c(cc4O)N(C=CC4=CC(C(=O)O)=NC(C(=O)O)C4)C(C(=O)O)C5)OC(CO)C(O)C3O)C2O)cc(OC)c1O. The number of aromatic hydroxyl groups is 2. The quantitative estimate of drug-likeness (QED) is 0.0689. The number of hydrogen-bond donors (Lipinski definition) is 10. The number of methoxy groups -OCH3 is 2. The van der Waals surface area contributed by atoms with Gasteiger partial charge in [0.25, 0.3) is 0 Å². The molecule has 2 aromatic carbocycles. The maximum Gasteiger partial charge on any atom is 0.354 e. The van der Waals surface area contributed by atoms with Crippen LogP contribution in [0.4, 0.5) is 5.69 Å². The molecule has 63 heavy (non-hydrogen) atoms. The van der Waals surface area contributed by atoms with Gasteiger partial charge in [-0.05, 0) is 53.1 Å². The minimum atomic E-state index is -2.26. The molecule has 0 saturated carbocycles. The van der Waals surface area contributed by atoms with Crippen molar-refractivity contribution in [2.24, 2.45) is 4.99 Å². The number of benzene rings is 2. The number of nitrogens with zero attached hydrogens (tertiary/aromatic N) is 2. The van der Waals surface area contributed by atoms with Crippen molar-refractivity contribution in [3.63, 3.8) is 0 Å². The molecule has 0 radical (unpaired) electrons. The zero-order valence-corrected chi connectivity index (χ0v) is 33.3. The van der Waals surface area contributed by atoms with Gasteiger partial charge in [-0.3, -0.25) is 4.99 Å². The van der Waals surface area contributed by atoms with Crippen molar-refractivity contribution in [3.8, 4) is 28.7 Å². The summed E-state index contributed by atoms with van der Waals surface area (Å²) < 4.78 is 38.1. The number of allylic oxidation sites excluding steroid dienone is 1. The third-order valence-corrected chi connectivity index (χ3v) is 10.5. The number of carbonyl (C=O) groups is 4. The summed E-state index contributed by atoms with van der Waals surface area (Å²) in [6.45, 7) is -2.31. The average Bonchev–Trinajstić information content (AvgIpc) is 3.75. The number of carbonyl (C=O) groups excluding carboxylic acids is 1. The Hall–Kier alpha value is -6.31. The maximum absolute atomic E-state index is 12.6. The Morgan fingerprint density at radius 3 is 2.24 bits per heavy atom. The fourth-order valence-corrected chi connectivity index (χ4v) is 7.11. The molecule has 10 N–H and O–H groups in total. The predicted octanol–water partition coefficient (Wildman–Crippen LogP) is -1.34. The van der Waals surface area contributed by atoms with E-state index in [9.17, 15) is 70.2 Å². The Kier molecular flexibility index (Phi) is 13.9. The van der Waals surface area contributed by atoms with E-state index in [-0.39, 0.29) is 47.1 Å². The molecule has 4 aliphatic rings. The minimum Gasteiger partial charge on any atom is -0.504 e. The van der Waals surface area contributed by atoms with Crippen molar-refractivity contribution in [2.45, 2.75) is 73.6 Å². The van der Waals surface area contributed by atoms with E-state index in [2.05, 4.69) is 4.99 Å². The third kappa shape index (κ3) is 9.85. The van der Waals surface area contributed by atoms with E-state index in [1.165, 1.54) is 55.7 Å². The lowest BCUT2D eigenvalue weighted by Crippen LogP contribution is -2.62. The monoisotopic (exact) mass is 888 g/mol. The first-order chi connectivity index (χ1) is 29.9. The van der Waals surface area contributed by atoms with Crippen LogP contribution in [0.1, 0.15) is 17.5 Å². The molecule has 0 bridgehead atoms. The standard InChI is InChI=1S/C40H44N2O21/c1-57-26-9-17(10-27(58-2)30(26)46)3-4-29(45)59-15-40(56)16-60-39(34(40)49)63-33-32(48)31(47)28(14-43)62-38(33)61-25-12-19-11-23(37(54)55)42(22(19)13-24(25)44)6-5-18-7-20(35(50)51)41-21(8-18)36(52)53/h3-7,9-10,12-13,21,23,28,31-34,38-39,43-44,46-49,56H,8,11,14-16H2,1-2H3,(H,50,51)(H,52,53)(H,54,55). The van der Waals surface area contributed by atoms with Crippen LogP contribution in [0, 0.1) is 0 Å². The zero-order chi connectivity index (χ0) is 45.9. The van der Waals surface area contributed by atoms with Crippen LogP contribution in [0.3, 0.4) is 0 Å². The zero-order valence-electron chi connectivity index (χ0n) is 33.3. The van der Waals surface area contributed by atoms with E-state index in [1.807, 2.05) is 0 Å². The van der Waals surface area contributed by atoms with Crippen molar-refractivity contribution in [3.05, 3.63) is 65.4 Å². The van der Waals surface area contributed by atoms with Crippen molar-refractivity contribution >= 4 is 41.4 Å². The van der Waals surface area contributed by atoms with Crippen molar-refractivity contribution in [2.75, 3.05) is 38.9 Å². The van der Waals surface area contributed by atoms with Gasteiger partial charge < -0.3 is 89.1 Å². The Morgan fingerprint density at radius 1 is 0.921 bits per heavy atom. The summed E-state index contributed by atoms with van der Waals surface area (Å²) in [6.07, 6.45) is -6.77. The molecular weight excluding hydrogens is 844 g/mol. The maximum atomic E-state index is 12.6. The molecule has 4 heterocycles. The van der Waals surface area contributed by atoms with Gasteiger partial charge >= 0.3 is 23.9 Å². The van der Waals surface area contributed by atoms with Crippen LogP contribution in [0.2, 0.25) is 0 Å². The molecule has 0 spiro atoms. The van der Waals surface area contributed by atoms with Gasteiger partial charge in [0, 0.05) is 36.9 Å². The molecule has 2 aromatic rings. The highest BCUT2D eigenvalue weighted by atomic mass is 16.8. The molecule has 4 aliphatic heterocycles. The number of rotatable bonds is 16. The van der Waals surface area contributed by atoms with E-state index in [0.29, 0.717) is 11.1 Å². The highest BCUT2D eigenvalue weighted by molar-refractivity contribution is 6.41. The van der Waals surface area contributed by atoms with Gasteiger partial charge in [-0.1, -0.05) is 0 Å². The number of aliphatic hydroxyl groups excluding tert-OH is 4. The number of carboxylic acids is 3. The lowest BCUT2D eigenvalue weighted by molar-refractivity contribution is -0.319. The number of ether oxygens (including phenoxy) is 7. The number of dihydropyridines is 1. The van der Waals surface area contributed by atoms with Crippen LogP contribution in [0.15, 0.2) is 59.3 Å². The van der Waals surface area contributed by atoms with Gasteiger partial charge in [0.2, 0.25) is 12.0 Å². The summed E-state index contributed by atoms with van der Waals surface area (Å²) in [5, 5.41) is 104. The normalized spacial score (nSPS) is 29.3. The van der Waals surface area contributed by atoms with Crippen LogP contribution >= 0.6 is 0 Å². The fourth-order valence-electron chi connectivity index (χ4n) is 7.11. The van der Waals surface area contributed by atoms with Gasteiger partial charge in [-0.15, -0.1) is 0 Å². The topological polar surface area (TPSA) is 351 Å². The Bertz CT molecular complexity index is 2200. The second-order valence-electron chi connectivity index (χ2n) is 14.7. The van der Waals surface area contributed by atoms with Crippen LogP contribution in [0.25, 0.3) is 6.08 Å². The van der Waals surface area contributed by atoms with Crippen molar-refractivity contribution < 1.29 is 103 Å². The van der Waals surface area contributed by atoms with Gasteiger partial charge in [-0.25, -0.2) is 19.2 Å². The van der Waals surface area contributed by atoms with Crippen molar-refractivity contribution in [1.29, 1.82) is 0 Å². The van der Waals surface area contributed by atoms with Crippen LogP contribution in [-0.4, -0.2) is 175 Å². The predicted molar refractivity (Wildman–Crippen MR) is 209 cm³/mol. The number of carboxylic acid groups (broad SMARTS) is 3. The summed E-state index contributed by atoms with van der Waals surface area (Å²) >= 11 is 0. The van der Waals surface area contributed by atoms with Crippen molar-refractivity contribution in [1.82, 2.24) is 0 Å². The van der Waals surface area contributed by atoms with E-state index < -0.39 is 116 Å². The number of aliphatic carboxylic acids is 3. The minimum absolute atomic E-state index is 0.0639. The van der Waals surface area contributed by atoms with Gasteiger partial charge in [0.1, 0.15) is 42.8 Å². The number of esters is 1. The molecule has 340 valence electrons. The highest BCUT2D eigenvalue weighted by Gasteiger charge is 2.54. The first-order valence-corrected chi connectivity index (χ1v) is 18.9. The van der Waals surface area contributed by atoms with E-state index >= 15 is 0 Å². The number of aliphatic hydroxyl groups is 5. The lowest BCUT2D eigenvalue weighted by Gasteiger charge is -2.42. The summed E-state index contributed by atoms with van der Waals surface area (Å²) in [4.78, 5) is 53.1. The average molecular weight is 889 g/mol. The molecule has 23 nitrogen and oxygen atoms in total. The van der Waals surface area contributed by atoms with Gasteiger partial charge in [0.05, 0.1) is 27.4 Å². The number of hydrogen-bond acceptors (Lipinski definition) is 20. The number of fused-ring (bicyclic) bond motifs is 1. The number of phenols is 2. The molecule has 23 heteroatoms. The molecule has 10 unspecified atom stereocenters. The lowest BCUT2D eigenvalue weighted by atomic mass is 9.98. The summed E-state index contributed by atoms with van der Waals surface area (Å²) in [5.41, 5.74) is -1.72. The Balaban J connectivity index is 1.16. The summed E-state index contributed by atoms with van der Waals surface area (Å²) in [5.74, 6) is -6.17. The molecule has 0 aromatic heterocycles. The third-order valence-electron chi connectivity index (χ3n) is 10.5. The summed E-state index contributed by atoms with van der Waals surface area (Å²) in [6, 6.07) is 2.56. The second kappa shape index (κ2) is 19.0. The van der Waals surface area contributed by atoms with Crippen LogP contribution in [-0.2, 0) is 44.5 Å². The molecule has 10 atom stereocenters. The molecule has 2 saturated heterocycles. The molecule has 0 aliphatic carbocycles. The van der Waals surface area contributed by atoms with Gasteiger partial charge in [0.15, 0.2) is 47.0 Å². The highest BCUT2D eigenvalue weighted by Crippen LogP contribution is 2.43. The molecule has 0 amide bonds. The largest absolute Gasteiger partial charge is 0.504 e. The Labute approximate surface area is 356 Å². The van der Waals surface area contributed by atoms with E-state index in [4.69, 9.17) is 33.2 Å². The van der Waals surface area contributed by atoms with Gasteiger partial charge in [-0.2, -0.15) is 0 Å². The van der Waals surface area contributed by atoms with E-state index in [0.717, 1.165) is 18.2 Å². The number of aliphatic imine (C=N–C) groups is 1. The Morgan fingerprint density at radius 2 is 1.62 bits per heavy atom.